The molecule has 0 bridgehead atoms. The molecule has 0 fully saturated rings. The van der Waals surface area contributed by atoms with Crippen molar-refractivity contribution in [2.24, 2.45) is 5.73 Å². The zero-order valence-corrected chi connectivity index (χ0v) is 16.8. The number of benzene rings is 1. The van der Waals surface area contributed by atoms with Gasteiger partial charge in [-0.1, -0.05) is 23.7 Å². The molecule has 0 aliphatic heterocycles. The van der Waals surface area contributed by atoms with Crippen molar-refractivity contribution in [3.05, 3.63) is 92.7 Å². The quantitative estimate of drug-likeness (QED) is 0.533. The predicted octanol–water partition coefficient (Wildman–Crippen LogP) is 2.98. The molecule has 0 aliphatic carbocycles. The third-order valence-corrected chi connectivity index (χ3v) is 4.77. The number of anilines is 1. The van der Waals surface area contributed by atoms with Gasteiger partial charge in [-0.15, -0.1) is 0 Å². The highest BCUT2D eigenvalue weighted by Gasteiger charge is 2.21. The van der Waals surface area contributed by atoms with Crippen molar-refractivity contribution in [1.29, 1.82) is 0 Å². The van der Waals surface area contributed by atoms with Gasteiger partial charge in [0.05, 0.1) is 6.61 Å². The number of aromatic amines is 1. The van der Waals surface area contributed by atoms with E-state index in [4.69, 9.17) is 22.1 Å². The number of ether oxygens (including phenoxy) is 1. The van der Waals surface area contributed by atoms with Gasteiger partial charge >= 0.3 is 0 Å². The van der Waals surface area contributed by atoms with Gasteiger partial charge in [0.15, 0.2) is 0 Å². The number of pyridine rings is 2. The Hall–Kier alpha value is -3.07. The average Bonchev–Trinajstić information content (AvgIpc) is 2.73. The molecular weight excluding hydrogens is 411 g/mol. The van der Waals surface area contributed by atoms with E-state index in [1.54, 1.807) is 36.4 Å². The second kappa shape index (κ2) is 9.62. The number of nitrogens with one attached hydrogen (secondary N) is 2. The van der Waals surface area contributed by atoms with Gasteiger partial charge in [0.25, 0.3) is 5.56 Å². The van der Waals surface area contributed by atoms with Crippen molar-refractivity contribution < 1.29 is 13.9 Å². The SMILES string of the molecule is COC[C@H](c1ccnc(NC(=O)[C@@H](N)c2cccc(Cl)c2)c1)c1cc(F)c[nH]c1=O. The second-order valence-corrected chi connectivity index (χ2v) is 7.04. The zero-order chi connectivity index (χ0) is 21.7. The minimum atomic E-state index is -0.949. The monoisotopic (exact) mass is 430 g/mol. The summed E-state index contributed by atoms with van der Waals surface area (Å²) in [6, 6.07) is 10.2. The van der Waals surface area contributed by atoms with Crippen LogP contribution in [0.3, 0.4) is 0 Å². The summed E-state index contributed by atoms with van der Waals surface area (Å²) in [6.45, 7) is 0.131. The molecule has 1 aromatic carbocycles. The highest BCUT2D eigenvalue weighted by atomic mass is 35.5. The van der Waals surface area contributed by atoms with Crippen LogP contribution in [0.2, 0.25) is 5.02 Å². The van der Waals surface area contributed by atoms with Crippen molar-refractivity contribution in [3.8, 4) is 0 Å². The standard InChI is InChI=1S/C21H20ClFN4O3/c1-30-11-17(16-9-15(23)10-26-20(16)28)12-5-6-25-18(8-12)27-21(29)19(24)13-3-2-4-14(22)7-13/h2-10,17,19H,11,24H2,1H3,(H,26,28)(H,25,27,29)/t17-,19+/m1/s1. The molecule has 2 heterocycles. The van der Waals surface area contributed by atoms with E-state index in [0.717, 1.165) is 12.3 Å². The summed E-state index contributed by atoms with van der Waals surface area (Å²) < 4.78 is 18.9. The number of methoxy groups -OCH3 is 1. The lowest BCUT2D eigenvalue weighted by Crippen LogP contribution is -2.28. The molecule has 0 spiro atoms. The average molecular weight is 431 g/mol. The zero-order valence-electron chi connectivity index (χ0n) is 16.1. The summed E-state index contributed by atoms with van der Waals surface area (Å²) in [5.41, 5.74) is 6.98. The summed E-state index contributed by atoms with van der Waals surface area (Å²) in [5.74, 6) is -1.37. The molecule has 0 aliphatic rings. The molecule has 0 unspecified atom stereocenters. The van der Waals surface area contributed by atoms with Gasteiger partial charge < -0.3 is 20.8 Å². The van der Waals surface area contributed by atoms with E-state index in [9.17, 15) is 14.0 Å². The molecule has 1 amide bonds. The fourth-order valence-corrected chi connectivity index (χ4v) is 3.25. The fourth-order valence-electron chi connectivity index (χ4n) is 3.05. The number of hydrogen-bond acceptors (Lipinski definition) is 5. The molecule has 2 atom stereocenters. The summed E-state index contributed by atoms with van der Waals surface area (Å²) >= 11 is 5.95. The molecular formula is C21H20ClFN4O3. The number of aromatic nitrogens is 2. The van der Waals surface area contributed by atoms with Crippen LogP contribution in [0.5, 0.6) is 0 Å². The number of hydrogen-bond donors (Lipinski definition) is 3. The summed E-state index contributed by atoms with van der Waals surface area (Å²) in [4.78, 5) is 31.3. The Morgan fingerprint density at radius 1 is 1.30 bits per heavy atom. The molecule has 30 heavy (non-hydrogen) atoms. The van der Waals surface area contributed by atoms with Crippen LogP contribution in [0, 0.1) is 5.82 Å². The Kier molecular flexibility index (Phi) is 6.94. The maximum atomic E-state index is 13.7. The van der Waals surface area contributed by atoms with E-state index in [0.29, 0.717) is 16.1 Å². The van der Waals surface area contributed by atoms with Gasteiger partial charge in [0, 0.05) is 36.0 Å². The van der Waals surface area contributed by atoms with Crippen molar-refractivity contribution in [1.82, 2.24) is 9.97 Å². The van der Waals surface area contributed by atoms with Gasteiger partial charge in [0.2, 0.25) is 5.91 Å². The normalized spacial score (nSPS) is 12.9. The van der Waals surface area contributed by atoms with E-state index < -0.39 is 29.2 Å². The number of nitrogens with two attached hydrogens (primary N) is 1. The Balaban J connectivity index is 1.86. The molecule has 7 nitrogen and oxygen atoms in total. The molecule has 3 aromatic rings. The predicted molar refractivity (Wildman–Crippen MR) is 112 cm³/mol. The van der Waals surface area contributed by atoms with Crippen molar-refractivity contribution in [3.63, 3.8) is 0 Å². The van der Waals surface area contributed by atoms with Crippen LogP contribution >= 0.6 is 11.6 Å². The van der Waals surface area contributed by atoms with Crippen molar-refractivity contribution in [2.75, 3.05) is 19.0 Å². The molecule has 0 saturated carbocycles. The van der Waals surface area contributed by atoms with Crippen LogP contribution in [0.15, 0.2) is 59.7 Å². The maximum Gasteiger partial charge on any atom is 0.252 e. The van der Waals surface area contributed by atoms with E-state index in [1.807, 2.05) is 0 Å². The Morgan fingerprint density at radius 3 is 2.83 bits per heavy atom. The van der Waals surface area contributed by atoms with Crippen molar-refractivity contribution >= 4 is 23.3 Å². The fraction of sp³-hybridized carbons (Fsp3) is 0.190. The number of carbonyl (C=O) groups is 1. The number of rotatable bonds is 7. The first-order valence-electron chi connectivity index (χ1n) is 9.04. The highest BCUT2D eigenvalue weighted by molar-refractivity contribution is 6.30. The topological polar surface area (TPSA) is 110 Å². The molecule has 4 N–H and O–H groups in total. The summed E-state index contributed by atoms with van der Waals surface area (Å²) in [6.07, 6.45) is 2.47. The number of carbonyl (C=O) groups excluding carboxylic acids is 1. The number of halogens is 2. The van der Waals surface area contributed by atoms with Crippen LogP contribution < -0.4 is 16.6 Å². The maximum absolute atomic E-state index is 13.7. The van der Waals surface area contributed by atoms with Gasteiger partial charge in [-0.3, -0.25) is 9.59 Å². The minimum absolute atomic E-state index is 0.131. The Bertz CT molecular complexity index is 1110. The number of nitrogens with zero attached hydrogens (tertiary/aromatic N) is 1. The van der Waals surface area contributed by atoms with Crippen LogP contribution in [0.4, 0.5) is 10.2 Å². The summed E-state index contributed by atoms with van der Waals surface area (Å²) in [5, 5.41) is 3.13. The molecule has 2 aromatic heterocycles. The van der Waals surface area contributed by atoms with Gasteiger partial charge in [-0.25, -0.2) is 9.37 Å². The number of H-pyrrole nitrogens is 1. The van der Waals surface area contributed by atoms with E-state index >= 15 is 0 Å². The lowest BCUT2D eigenvalue weighted by atomic mass is 9.93. The van der Waals surface area contributed by atoms with Crippen LogP contribution in [-0.2, 0) is 9.53 Å². The Morgan fingerprint density at radius 2 is 2.10 bits per heavy atom. The highest BCUT2D eigenvalue weighted by Crippen LogP contribution is 2.25. The first kappa shape index (κ1) is 21.6. The van der Waals surface area contributed by atoms with Crippen LogP contribution in [-0.4, -0.2) is 29.6 Å². The Labute approximate surface area is 177 Å². The minimum Gasteiger partial charge on any atom is -0.384 e. The summed E-state index contributed by atoms with van der Waals surface area (Å²) in [7, 11) is 1.48. The molecule has 156 valence electrons. The first-order valence-corrected chi connectivity index (χ1v) is 9.41. The number of amides is 1. The van der Waals surface area contributed by atoms with E-state index in [-0.39, 0.29) is 18.0 Å². The van der Waals surface area contributed by atoms with E-state index in [2.05, 4.69) is 15.3 Å². The molecule has 3 rings (SSSR count). The first-order chi connectivity index (χ1) is 14.4. The lowest BCUT2D eigenvalue weighted by Gasteiger charge is -2.18. The third kappa shape index (κ3) is 5.10. The lowest BCUT2D eigenvalue weighted by molar-refractivity contribution is -0.117. The van der Waals surface area contributed by atoms with Crippen LogP contribution in [0.25, 0.3) is 0 Å². The van der Waals surface area contributed by atoms with Gasteiger partial charge in [-0.2, -0.15) is 0 Å². The molecule has 0 radical (unpaired) electrons. The van der Waals surface area contributed by atoms with E-state index in [1.165, 1.54) is 13.3 Å². The van der Waals surface area contributed by atoms with Gasteiger partial charge in [-0.05, 0) is 41.5 Å². The van der Waals surface area contributed by atoms with Crippen LogP contribution in [0.1, 0.15) is 28.7 Å². The van der Waals surface area contributed by atoms with Crippen molar-refractivity contribution in [2.45, 2.75) is 12.0 Å². The molecule has 0 saturated heterocycles. The smallest absolute Gasteiger partial charge is 0.252 e. The van der Waals surface area contributed by atoms with Gasteiger partial charge in [0.1, 0.15) is 17.7 Å². The third-order valence-electron chi connectivity index (χ3n) is 4.53. The molecule has 9 heteroatoms. The second-order valence-electron chi connectivity index (χ2n) is 6.61. The largest absolute Gasteiger partial charge is 0.384 e.